The Kier molecular flexibility index (Phi) is 5.54. The zero-order chi connectivity index (χ0) is 14.4. The summed E-state index contributed by atoms with van der Waals surface area (Å²) in [6, 6.07) is 1.68. The number of carbonyl (C=O) groups is 1. The van der Waals surface area contributed by atoms with Gasteiger partial charge in [-0.05, 0) is 12.3 Å². The van der Waals surface area contributed by atoms with Crippen LogP contribution in [0.3, 0.4) is 0 Å². The number of amides is 1. The lowest BCUT2D eigenvalue weighted by Gasteiger charge is -2.24. The Morgan fingerprint density at radius 2 is 2.11 bits per heavy atom. The molecule has 0 saturated heterocycles. The third kappa shape index (κ3) is 5.11. The molecule has 1 aromatic rings. The monoisotopic (exact) mass is 265 g/mol. The number of rotatable bonds is 7. The van der Waals surface area contributed by atoms with Crippen LogP contribution in [-0.4, -0.2) is 29.0 Å². The highest BCUT2D eigenvalue weighted by atomic mass is 16.1. The van der Waals surface area contributed by atoms with Crippen molar-refractivity contribution >= 4 is 17.5 Å². The quantitative estimate of drug-likeness (QED) is 0.765. The van der Waals surface area contributed by atoms with Gasteiger partial charge in [-0.3, -0.25) is 4.79 Å². The second kappa shape index (κ2) is 6.92. The third-order valence-electron chi connectivity index (χ3n) is 2.51. The molecule has 6 heteroatoms. The van der Waals surface area contributed by atoms with Crippen LogP contribution in [0.5, 0.6) is 0 Å². The number of anilines is 2. The molecule has 1 heterocycles. The molecule has 1 amide bonds. The Hall–Kier alpha value is -1.85. The van der Waals surface area contributed by atoms with Crippen molar-refractivity contribution in [2.45, 2.75) is 33.6 Å². The van der Waals surface area contributed by atoms with E-state index < -0.39 is 0 Å². The van der Waals surface area contributed by atoms with E-state index in [-0.39, 0.29) is 12.5 Å². The van der Waals surface area contributed by atoms with Gasteiger partial charge in [-0.25, -0.2) is 9.97 Å². The van der Waals surface area contributed by atoms with Crippen LogP contribution in [0.25, 0.3) is 0 Å². The molecule has 0 saturated carbocycles. The first kappa shape index (κ1) is 15.2. The zero-order valence-electron chi connectivity index (χ0n) is 11.9. The van der Waals surface area contributed by atoms with Crippen LogP contribution in [0.1, 0.15) is 33.0 Å². The van der Waals surface area contributed by atoms with Crippen LogP contribution < -0.4 is 16.4 Å². The lowest BCUT2D eigenvalue weighted by molar-refractivity contribution is -0.116. The van der Waals surface area contributed by atoms with Crippen molar-refractivity contribution in [1.82, 2.24) is 9.97 Å². The molecule has 0 unspecified atom stereocenters. The molecule has 1 rings (SSSR count). The van der Waals surface area contributed by atoms with Crippen LogP contribution >= 0.6 is 0 Å². The summed E-state index contributed by atoms with van der Waals surface area (Å²) in [5, 5.41) is 0. The van der Waals surface area contributed by atoms with Crippen LogP contribution in [0.15, 0.2) is 6.07 Å². The largest absolute Gasteiger partial charge is 0.384 e. The fourth-order valence-electron chi connectivity index (χ4n) is 1.87. The lowest BCUT2D eigenvalue weighted by atomic mass is 10.2. The Labute approximate surface area is 114 Å². The molecule has 0 atom stereocenters. The third-order valence-corrected chi connectivity index (χ3v) is 2.51. The smallest absolute Gasteiger partial charge is 0.236 e. The van der Waals surface area contributed by atoms with Gasteiger partial charge in [0.25, 0.3) is 0 Å². The fourth-order valence-corrected chi connectivity index (χ4v) is 1.87. The molecule has 6 nitrogen and oxygen atoms in total. The summed E-state index contributed by atoms with van der Waals surface area (Å²) < 4.78 is 0. The van der Waals surface area contributed by atoms with E-state index in [1.807, 2.05) is 4.90 Å². The van der Waals surface area contributed by atoms with Crippen molar-refractivity contribution in [1.29, 1.82) is 0 Å². The average molecular weight is 265 g/mol. The minimum Gasteiger partial charge on any atom is -0.384 e. The lowest BCUT2D eigenvalue weighted by Crippen LogP contribution is -2.37. The molecule has 0 bridgehead atoms. The summed E-state index contributed by atoms with van der Waals surface area (Å²) in [6.07, 6.45) is 1.72. The standard InChI is InChI=1S/C13H23N5O/c1-4-5-12-16-10(14)6-13(17-12)18(7-9(2)3)8-11(15)19/h6,9H,4-5,7-8H2,1-3H3,(H2,15,19)(H2,14,16,17). The highest BCUT2D eigenvalue weighted by Gasteiger charge is 2.14. The minimum absolute atomic E-state index is 0.139. The number of nitrogens with two attached hydrogens (primary N) is 2. The number of carbonyl (C=O) groups excluding carboxylic acids is 1. The van der Waals surface area contributed by atoms with E-state index in [1.165, 1.54) is 0 Å². The van der Waals surface area contributed by atoms with E-state index in [2.05, 4.69) is 30.7 Å². The van der Waals surface area contributed by atoms with Gasteiger partial charge in [-0.15, -0.1) is 0 Å². The summed E-state index contributed by atoms with van der Waals surface area (Å²) in [6.45, 7) is 7.05. The number of hydrogen-bond acceptors (Lipinski definition) is 5. The maximum Gasteiger partial charge on any atom is 0.236 e. The van der Waals surface area contributed by atoms with Crippen LogP contribution in [0.4, 0.5) is 11.6 Å². The number of aryl methyl sites for hydroxylation is 1. The first-order valence-corrected chi connectivity index (χ1v) is 6.59. The number of aromatic nitrogens is 2. The van der Waals surface area contributed by atoms with E-state index in [4.69, 9.17) is 11.5 Å². The first-order chi connectivity index (χ1) is 8.92. The summed E-state index contributed by atoms with van der Waals surface area (Å²) in [5.41, 5.74) is 11.1. The molecule has 1 aromatic heterocycles. The first-order valence-electron chi connectivity index (χ1n) is 6.59. The molecule has 0 fully saturated rings. The SMILES string of the molecule is CCCc1nc(N)cc(N(CC(N)=O)CC(C)C)n1. The second-order valence-corrected chi connectivity index (χ2v) is 5.06. The highest BCUT2D eigenvalue weighted by Crippen LogP contribution is 2.16. The molecule has 19 heavy (non-hydrogen) atoms. The van der Waals surface area contributed by atoms with Gasteiger partial charge >= 0.3 is 0 Å². The van der Waals surface area contributed by atoms with Crippen molar-refractivity contribution in [3.8, 4) is 0 Å². The summed E-state index contributed by atoms with van der Waals surface area (Å²) >= 11 is 0. The van der Waals surface area contributed by atoms with Gasteiger partial charge in [0.15, 0.2) is 0 Å². The average Bonchev–Trinajstić information content (AvgIpc) is 2.26. The Morgan fingerprint density at radius 1 is 1.42 bits per heavy atom. The van der Waals surface area contributed by atoms with Crippen LogP contribution in [0, 0.1) is 5.92 Å². The number of nitrogen functional groups attached to an aromatic ring is 1. The Balaban J connectivity index is 3.02. The van der Waals surface area contributed by atoms with Gasteiger partial charge in [0.2, 0.25) is 5.91 Å². The highest BCUT2D eigenvalue weighted by molar-refractivity contribution is 5.79. The summed E-state index contributed by atoms with van der Waals surface area (Å²) in [7, 11) is 0. The van der Waals surface area contributed by atoms with Gasteiger partial charge in [0.1, 0.15) is 17.5 Å². The predicted octanol–water partition coefficient (Wildman–Crippen LogP) is 0.959. The summed E-state index contributed by atoms with van der Waals surface area (Å²) in [4.78, 5) is 21.7. The normalized spacial score (nSPS) is 10.7. The van der Waals surface area contributed by atoms with E-state index in [1.54, 1.807) is 6.07 Å². The Bertz CT molecular complexity index is 433. The number of nitrogens with zero attached hydrogens (tertiary/aromatic N) is 3. The molecule has 106 valence electrons. The molecule has 0 aliphatic carbocycles. The van der Waals surface area contributed by atoms with Gasteiger partial charge in [-0.2, -0.15) is 0 Å². The maximum atomic E-state index is 11.2. The van der Waals surface area contributed by atoms with Gasteiger partial charge < -0.3 is 16.4 Å². The summed E-state index contributed by atoms with van der Waals surface area (Å²) in [5.74, 6) is 1.81. The second-order valence-electron chi connectivity index (χ2n) is 5.06. The number of primary amides is 1. The molecule has 0 spiro atoms. The van der Waals surface area contributed by atoms with Gasteiger partial charge in [0.05, 0.1) is 6.54 Å². The molecular weight excluding hydrogens is 242 g/mol. The van der Waals surface area contributed by atoms with Crippen molar-refractivity contribution in [2.24, 2.45) is 11.7 Å². The van der Waals surface area contributed by atoms with Crippen LogP contribution in [-0.2, 0) is 11.2 Å². The zero-order valence-corrected chi connectivity index (χ0v) is 11.9. The van der Waals surface area contributed by atoms with Gasteiger partial charge in [0, 0.05) is 19.0 Å². The van der Waals surface area contributed by atoms with E-state index in [0.29, 0.717) is 29.9 Å². The van der Waals surface area contributed by atoms with Crippen LogP contribution in [0.2, 0.25) is 0 Å². The molecule has 0 aliphatic rings. The molecular formula is C13H23N5O. The Morgan fingerprint density at radius 3 is 2.63 bits per heavy atom. The number of hydrogen-bond donors (Lipinski definition) is 2. The van der Waals surface area contributed by atoms with Crippen molar-refractivity contribution in [3.05, 3.63) is 11.9 Å². The van der Waals surface area contributed by atoms with E-state index in [0.717, 1.165) is 12.8 Å². The van der Waals surface area contributed by atoms with Gasteiger partial charge in [-0.1, -0.05) is 20.8 Å². The van der Waals surface area contributed by atoms with Crippen molar-refractivity contribution in [2.75, 3.05) is 23.7 Å². The topological polar surface area (TPSA) is 98.1 Å². The van der Waals surface area contributed by atoms with Crippen molar-refractivity contribution in [3.63, 3.8) is 0 Å². The molecule has 4 N–H and O–H groups in total. The fraction of sp³-hybridized carbons (Fsp3) is 0.615. The van der Waals surface area contributed by atoms with Crippen molar-refractivity contribution < 1.29 is 4.79 Å². The molecule has 0 aliphatic heterocycles. The molecule has 0 radical (unpaired) electrons. The minimum atomic E-state index is -0.380. The maximum absolute atomic E-state index is 11.2. The molecule has 0 aromatic carbocycles. The van der Waals surface area contributed by atoms with E-state index >= 15 is 0 Å². The predicted molar refractivity (Wildman–Crippen MR) is 76.7 cm³/mol. The van der Waals surface area contributed by atoms with E-state index in [9.17, 15) is 4.79 Å².